The van der Waals surface area contributed by atoms with Crippen LogP contribution in [0.25, 0.3) is 0 Å². The van der Waals surface area contributed by atoms with E-state index >= 15 is 0 Å². The van der Waals surface area contributed by atoms with Gasteiger partial charge in [-0.2, -0.15) is 0 Å². The van der Waals surface area contributed by atoms with Crippen LogP contribution in [0.1, 0.15) is 17.4 Å². The minimum absolute atomic E-state index is 0.105. The Balaban J connectivity index is 1.34. The van der Waals surface area contributed by atoms with Gasteiger partial charge in [-0.05, 0) is 60.7 Å². The Hall–Kier alpha value is -2.64. The second-order valence-corrected chi connectivity index (χ2v) is 7.95. The molecule has 8 heteroatoms. The molecule has 0 saturated heterocycles. The van der Waals surface area contributed by atoms with Gasteiger partial charge in [0.2, 0.25) is 11.8 Å². The first kappa shape index (κ1) is 18.7. The van der Waals surface area contributed by atoms with Gasteiger partial charge in [0.1, 0.15) is 11.8 Å². The highest BCUT2D eigenvalue weighted by Crippen LogP contribution is 2.25. The zero-order valence-electron chi connectivity index (χ0n) is 15.3. The minimum atomic E-state index is -0.311. The first-order chi connectivity index (χ1) is 13.6. The van der Waals surface area contributed by atoms with Gasteiger partial charge in [-0.25, -0.2) is 0 Å². The van der Waals surface area contributed by atoms with Crippen LogP contribution in [0, 0.1) is 0 Å². The van der Waals surface area contributed by atoms with E-state index in [9.17, 15) is 4.79 Å². The normalized spacial score (nSPS) is 14.3. The van der Waals surface area contributed by atoms with Crippen LogP contribution in [-0.2, 0) is 17.8 Å². The lowest BCUT2D eigenvalue weighted by atomic mass is 10.1. The highest BCUT2D eigenvalue weighted by atomic mass is 35.5. The van der Waals surface area contributed by atoms with Crippen molar-refractivity contribution in [2.24, 2.45) is 0 Å². The number of thiophene rings is 1. The Morgan fingerprint density at radius 2 is 2.04 bits per heavy atom. The fraction of sp³-hybridized carbons (Fsp3) is 0.250. The van der Waals surface area contributed by atoms with Crippen molar-refractivity contribution in [3.8, 4) is 11.6 Å². The SMILES string of the molecule is C[C@@H](Nc1ccc(Oc2ccc(Cl)nn2)cc1)C(=O)N1CCc2sccc2C1. The number of nitrogens with one attached hydrogen (secondary N) is 1. The quantitative estimate of drug-likeness (QED) is 0.671. The summed E-state index contributed by atoms with van der Waals surface area (Å²) in [6.45, 7) is 3.35. The monoisotopic (exact) mass is 414 g/mol. The van der Waals surface area contributed by atoms with Crippen molar-refractivity contribution in [1.29, 1.82) is 0 Å². The highest BCUT2D eigenvalue weighted by molar-refractivity contribution is 7.10. The topological polar surface area (TPSA) is 67.3 Å². The molecule has 1 aliphatic heterocycles. The third-order valence-corrected chi connectivity index (χ3v) is 5.78. The standard InChI is InChI=1S/C20H19ClN4O2S/c1-13(20(26)25-10-8-17-14(12-25)9-11-28-17)22-15-2-4-16(5-3-15)27-19-7-6-18(21)23-24-19/h2-7,9,11,13,22H,8,10,12H2,1H3/t13-/m1/s1. The van der Waals surface area contributed by atoms with Gasteiger partial charge in [-0.3, -0.25) is 4.79 Å². The molecule has 4 rings (SSSR count). The Labute approximate surface area is 172 Å². The number of ether oxygens (including phenoxy) is 1. The number of halogens is 1. The third kappa shape index (κ3) is 4.26. The summed E-state index contributed by atoms with van der Waals surface area (Å²) in [5, 5.41) is 13.3. The molecule has 1 aromatic carbocycles. The zero-order valence-corrected chi connectivity index (χ0v) is 16.8. The second kappa shape index (κ2) is 8.16. The van der Waals surface area contributed by atoms with E-state index in [0.717, 1.165) is 18.7 Å². The predicted molar refractivity (Wildman–Crippen MR) is 110 cm³/mol. The van der Waals surface area contributed by atoms with E-state index in [0.29, 0.717) is 23.3 Å². The number of carbonyl (C=O) groups is 1. The summed E-state index contributed by atoms with van der Waals surface area (Å²) in [5.41, 5.74) is 2.12. The number of aromatic nitrogens is 2. The Kier molecular flexibility index (Phi) is 5.45. The highest BCUT2D eigenvalue weighted by Gasteiger charge is 2.25. The van der Waals surface area contributed by atoms with Gasteiger partial charge in [0.25, 0.3) is 0 Å². The molecule has 144 valence electrons. The second-order valence-electron chi connectivity index (χ2n) is 6.57. The first-order valence-electron chi connectivity index (χ1n) is 8.96. The molecule has 28 heavy (non-hydrogen) atoms. The van der Waals surface area contributed by atoms with Crippen molar-refractivity contribution in [1.82, 2.24) is 15.1 Å². The number of hydrogen-bond donors (Lipinski definition) is 1. The molecular formula is C20H19ClN4O2S. The van der Waals surface area contributed by atoms with E-state index in [2.05, 4.69) is 27.0 Å². The molecule has 0 radical (unpaired) electrons. The van der Waals surface area contributed by atoms with Gasteiger partial charge in [0, 0.05) is 29.7 Å². The average Bonchev–Trinajstić information content (AvgIpc) is 3.18. The fourth-order valence-electron chi connectivity index (χ4n) is 3.12. The maximum absolute atomic E-state index is 12.8. The predicted octanol–water partition coefficient (Wildman–Crippen LogP) is 4.37. The maximum atomic E-state index is 12.8. The molecule has 3 heterocycles. The summed E-state index contributed by atoms with van der Waals surface area (Å²) in [7, 11) is 0. The van der Waals surface area contributed by atoms with E-state index in [1.54, 1.807) is 23.5 Å². The number of amides is 1. The summed E-state index contributed by atoms with van der Waals surface area (Å²) in [6.07, 6.45) is 0.936. The molecule has 1 amide bonds. The van der Waals surface area contributed by atoms with Crippen molar-refractivity contribution in [3.63, 3.8) is 0 Å². The molecular weight excluding hydrogens is 396 g/mol. The summed E-state index contributed by atoms with van der Waals surface area (Å²) in [5.74, 6) is 1.10. The molecule has 0 unspecified atom stereocenters. The molecule has 1 N–H and O–H groups in total. The maximum Gasteiger partial charge on any atom is 0.245 e. The van der Waals surface area contributed by atoms with Crippen LogP contribution in [0.2, 0.25) is 5.15 Å². The number of carbonyl (C=O) groups excluding carboxylic acids is 1. The summed E-state index contributed by atoms with van der Waals surface area (Å²) in [4.78, 5) is 16.1. The van der Waals surface area contributed by atoms with Gasteiger partial charge in [0.05, 0.1) is 0 Å². The number of nitrogens with zero attached hydrogens (tertiary/aromatic N) is 3. The van der Waals surface area contributed by atoms with Crippen LogP contribution in [0.5, 0.6) is 11.6 Å². The smallest absolute Gasteiger partial charge is 0.245 e. The Bertz CT molecular complexity index is 959. The molecule has 1 atom stereocenters. The van der Waals surface area contributed by atoms with Crippen LogP contribution >= 0.6 is 22.9 Å². The fourth-order valence-corrected chi connectivity index (χ4v) is 4.11. The lowest BCUT2D eigenvalue weighted by Gasteiger charge is -2.30. The van der Waals surface area contributed by atoms with E-state index in [4.69, 9.17) is 16.3 Å². The van der Waals surface area contributed by atoms with Crippen molar-refractivity contribution in [2.45, 2.75) is 25.9 Å². The van der Waals surface area contributed by atoms with Crippen molar-refractivity contribution in [3.05, 3.63) is 63.4 Å². The van der Waals surface area contributed by atoms with Crippen LogP contribution in [0.4, 0.5) is 5.69 Å². The molecule has 0 fully saturated rings. The molecule has 0 saturated carbocycles. The number of rotatable bonds is 5. The van der Waals surface area contributed by atoms with Crippen LogP contribution < -0.4 is 10.1 Å². The lowest BCUT2D eigenvalue weighted by Crippen LogP contribution is -2.43. The van der Waals surface area contributed by atoms with Gasteiger partial charge < -0.3 is 15.0 Å². The summed E-state index contributed by atoms with van der Waals surface area (Å²) < 4.78 is 5.63. The number of hydrogen-bond acceptors (Lipinski definition) is 6. The van der Waals surface area contributed by atoms with Gasteiger partial charge in [-0.1, -0.05) is 11.6 Å². The summed E-state index contributed by atoms with van der Waals surface area (Å²) in [6, 6.07) is 12.4. The molecule has 1 aliphatic rings. The minimum Gasteiger partial charge on any atom is -0.438 e. The first-order valence-corrected chi connectivity index (χ1v) is 10.2. The molecule has 3 aromatic rings. The molecule has 2 aromatic heterocycles. The Morgan fingerprint density at radius 1 is 1.21 bits per heavy atom. The number of benzene rings is 1. The largest absolute Gasteiger partial charge is 0.438 e. The van der Waals surface area contributed by atoms with Crippen molar-refractivity contribution >= 4 is 34.5 Å². The number of fused-ring (bicyclic) bond motifs is 1. The van der Waals surface area contributed by atoms with Crippen molar-refractivity contribution in [2.75, 3.05) is 11.9 Å². The molecule has 0 spiro atoms. The molecule has 6 nitrogen and oxygen atoms in total. The zero-order chi connectivity index (χ0) is 19.5. The molecule has 0 aliphatic carbocycles. The van der Waals surface area contributed by atoms with E-state index < -0.39 is 0 Å². The van der Waals surface area contributed by atoms with E-state index in [-0.39, 0.29) is 11.9 Å². The van der Waals surface area contributed by atoms with Crippen LogP contribution in [0.15, 0.2) is 47.8 Å². The molecule has 0 bridgehead atoms. The van der Waals surface area contributed by atoms with Crippen molar-refractivity contribution < 1.29 is 9.53 Å². The third-order valence-electron chi connectivity index (χ3n) is 4.56. The lowest BCUT2D eigenvalue weighted by molar-refractivity contribution is -0.132. The van der Waals surface area contributed by atoms with E-state index in [1.807, 2.05) is 36.1 Å². The van der Waals surface area contributed by atoms with Crippen LogP contribution in [0.3, 0.4) is 0 Å². The van der Waals surface area contributed by atoms with Gasteiger partial charge in [0.15, 0.2) is 5.15 Å². The number of anilines is 1. The van der Waals surface area contributed by atoms with Gasteiger partial charge >= 0.3 is 0 Å². The Morgan fingerprint density at radius 3 is 2.79 bits per heavy atom. The average molecular weight is 415 g/mol. The van der Waals surface area contributed by atoms with E-state index in [1.165, 1.54) is 10.4 Å². The van der Waals surface area contributed by atoms with Crippen LogP contribution in [-0.4, -0.2) is 33.6 Å². The van der Waals surface area contributed by atoms with Gasteiger partial charge in [-0.15, -0.1) is 21.5 Å². The summed E-state index contributed by atoms with van der Waals surface area (Å²) >= 11 is 7.49.